The first-order valence-electron chi connectivity index (χ1n) is 9.90. The Labute approximate surface area is 171 Å². The van der Waals surface area contributed by atoms with E-state index in [2.05, 4.69) is 10.6 Å². The molecule has 5 N–H and O–H groups in total. The van der Waals surface area contributed by atoms with Crippen molar-refractivity contribution in [2.75, 3.05) is 13.1 Å². The van der Waals surface area contributed by atoms with Crippen molar-refractivity contribution in [3.63, 3.8) is 0 Å². The van der Waals surface area contributed by atoms with Crippen molar-refractivity contribution in [2.45, 2.75) is 58.1 Å². The van der Waals surface area contributed by atoms with Gasteiger partial charge in [-0.3, -0.25) is 9.59 Å². The van der Waals surface area contributed by atoms with Crippen LogP contribution in [0.5, 0.6) is 0 Å². The average molecular weight is 414 g/mol. The van der Waals surface area contributed by atoms with Gasteiger partial charge in [-0.05, 0) is 23.8 Å². The van der Waals surface area contributed by atoms with Crippen LogP contribution in [-0.2, 0) is 16.0 Å². The molecule has 8 heteroatoms. The van der Waals surface area contributed by atoms with E-state index in [1.54, 1.807) is 6.92 Å². The molecule has 0 radical (unpaired) electrons. The van der Waals surface area contributed by atoms with Gasteiger partial charge in [0.2, 0.25) is 11.8 Å². The predicted octanol–water partition coefficient (Wildman–Crippen LogP) is 1.86. The van der Waals surface area contributed by atoms with E-state index in [4.69, 9.17) is 5.73 Å². The van der Waals surface area contributed by atoms with Crippen LogP contribution < -0.4 is 16.4 Å². The third-order valence-corrected chi connectivity index (χ3v) is 4.49. The molecule has 6 nitrogen and oxygen atoms in total. The van der Waals surface area contributed by atoms with Gasteiger partial charge in [-0.25, -0.2) is 8.78 Å². The molecule has 0 aromatic heterocycles. The second kappa shape index (κ2) is 11.8. The maximum atomic E-state index is 14.1. The molecule has 2 amide bonds. The molecule has 0 saturated heterocycles. The summed E-state index contributed by atoms with van der Waals surface area (Å²) in [5.41, 5.74) is 6.51. The fourth-order valence-electron chi connectivity index (χ4n) is 2.90. The molecule has 0 saturated carbocycles. The molecule has 1 rings (SSSR count). The maximum absolute atomic E-state index is 14.1. The lowest BCUT2D eigenvalue weighted by Crippen LogP contribution is -2.53. The number of rotatable bonds is 12. The Morgan fingerprint density at radius 1 is 1.10 bits per heavy atom. The van der Waals surface area contributed by atoms with E-state index >= 15 is 0 Å². The lowest BCUT2D eigenvalue weighted by Gasteiger charge is -2.28. The van der Waals surface area contributed by atoms with Gasteiger partial charge in [-0.15, -0.1) is 0 Å². The van der Waals surface area contributed by atoms with Crippen molar-refractivity contribution in [1.29, 1.82) is 0 Å². The van der Waals surface area contributed by atoms with Crippen molar-refractivity contribution in [2.24, 2.45) is 17.6 Å². The van der Waals surface area contributed by atoms with Gasteiger partial charge in [-0.1, -0.05) is 51.1 Å². The number of carbonyl (C=O) groups is 2. The van der Waals surface area contributed by atoms with E-state index in [0.29, 0.717) is 0 Å². The number of alkyl halides is 2. The predicted molar refractivity (Wildman–Crippen MR) is 108 cm³/mol. The summed E-state index contributed by atoms with van der Waals surface area (Å²) in [6.07, 6.45) is -1.55. The van der Waals surface area contributed by atoms with Gasteiger partial charge in [-0.2, -0.15) is 0 Å². The number of halogens is 2. The Bertz CT molecular complexity index is 641. The topological polar surface area (TPSA) is 104 Å². The Morgan fingerprint density at radius 3 is 2.31 bits per heavy atom. The lowest BCUT2D eigenvalue weighted by atomic mass is 9.96. The van der Waals surface area contributed by atoms with Crippen molar-refractivity contribution in [1.82, 2.24) is 10.6 Å². The molecular formula is C21H33F2N3O3. The number of hydrogen-bond donors (Lipinski definition) is 4. The molecule has 0 aliphatic rings. The Balaban J connectivity index is 2.34. The quantitative estimate of drug-likeness (QED) is 0.420. The summed E-state index contributed by atoms with van der Waals surface area (Å²) in [6, 6.07) is 8.18. The minimum Gasteiger partial charge on any atom is -0.385 e. The van der Waals surface area contributed by atoms with Crippen molar-refractivity contribution in [3.05, 3.63) is 35.9 Å². The molecule has 0 aliphatic heterocycles. The van der Waals surface area contributed by atoms with Gasteiger partial charge >= 0.3 is 0 Å². The van der Waals surface area contributed by atoms with Gasteiger partial charge < -0.3 is 21.5 Å². The van der Waals surface area contributed by atoms with Crippen LogP contribution in [0.3, 0.4) is 0 Å². The van der Waals surface area contributed by atoms with Gasteiger partial charge in [0.1, 0.15) is 6.10 Å². The molecule has 164 valence electrons. The summed E-state index contributed by atoms with van der Waals surface area (Å²) in [4.78, 5) is 23.9. The van der Waals surface area contributed by atoms with E-state index < -0.39 is 30.5 Å². The number of nitrogens with two attached hydrogens (primary N) is 1. The standard InChI is InChI=1S/C21H33F2N3O3/c1-14(2)9-17(24)20(29)21(22,23)13-26-18(27)10-15(3)12-25-19(28)11-16-7-5-4-6-8-16/h4-8,14-15,17,20,29H,9-13,24H2,1-3H3,(H,25,28)(H,26,27)/t15-,17?,20?/m1/s1. The highest BCUT2D eigenvalue weighted by Crippen LogP contribution is 2.22. The first-order valence-corrected chi connectivity index (χ1v) is 9.90. The number of amides is 2. The Kier molecular flexibility index (Phi) is 10.2. The minimum atomic E-state index is -3.52. The second-order valence-electron chi connectivity index (χ2n) is 8.05. The molecule has 0 aliphatic carbocycles. The number of nitrogens with one attached hydrogen (secondary N) is 2. The van der Waals surface area contributed by atoms with Gasteiger partial charge in [0.05, 0.1) is 13.0 Å². The summed E-state index contributed by atoms with van der Waals surface area (Å²) in [5, 5.41) is 14.7. The lowest BCUT2D eigenvalue weighted by molar-refractivity contribution is -0.133. The summed E-state index contributed by atoms with van der Waals surface area (Å²) < 4.78 is 28.2. The Hall–Kier alpha value is -2.06. The maximum Gasteiger partial charge on any atom is 0.291 e. The van der Waals surface area contributed by atoms with E-state index in [9.17, 15) is 23.5 Å². The molecule has 3 atom stereocenters. The fourth-order valence-corrected chi connectivity index (χ4v) is 2.90. The first-order chi connectivity index (χ1) is 13.5. The molecule has 29 heavy (non-hydrogen) atoms. The van der Waals surface area contributed by atoms with E-state index in [-0.39, 0.29) is 43.6 Å². The van der Waals surface area contributed by atoms with Crippen LogP contribution in [0.2, 0.25) is 0 Å². The van der Waals surface area contributed by atoms with E-state index in [1.165, 1.54) is 0 Å². The molecule has 0 heterocycles. The molecule has 2 unspecified atom stereocenters. The summed E-state index contributed by atoms with van der Waals surface area (Å²) in [5.74, 6) is -4.41. The highest BCUT2D eigenvalue weighted by Gasteiger charge is 2.42. The number of aliphatic hydroxyl groups is 1. The van der Waals surface area contributed by atoms with E-state index in [1.807, 2.05) is 44.2 Å². The third kappa shape index (κ3) is 9.80. The van der Waals surface area contributed by atoms with Crippen LogP contribution in [0, 0.1) is 11.8 Å². The van der Waals surface area contributed by atoms with Crippen LogP contribution in [0.25, 0.3) is 0 Å². The fraction of sp³-hybridized carbons (Fsp3) is 0.619. The van der Waals surface area contributed by atoms with Gasteiger partial charge in [0, 0.05) is 19.0 Å². The Morgan fingerprint density at radius 2 is 1.72 bits per heavy atom. The second-order valence-corrected chi connectivity index (χ2v) is 8.05. The molecule has 0 bridgehead atoms. The molecular weight excluding hydrogens is 380 g/mol. The highest BCUT2D eigenvalue weighted by molar-refractivity contribution is 5.79. The van der Waals surface area contributed by atoms with Crippen molar-refractivity contribution >= 4 is 11.8 Å². The van der Waals surface area contributed by atoms with Crippen LogP contribution in [-0.4, -0.2) is 48.1 Å². The van der Waals surface area contributed by atoms with Crippen LogP contribution in [0.1, 0.15) is 39.2 Å². The summed E-state index contributed by atoms with van der Waals surface area (Å²) >= 11 is 0. The largest absolute Gasteiger partial charge is 0.385 e. The van der Waals surface area contributed by atoms with Crippen molar-refractivity contribution < 1.29 is 23.5 Å². The van der Waals surface area contributed by atoms with Gasteiger partial charge in [0.15, 0.2) is 0 Å². The minimum absolute atomic E-state index is 0.0180. The van der Waals surface area contributed by atoms with Crippen LogP contribution >= 0.6 is 0 Å². The zero-order valence-electron chi connectivity index (χ0n) is 17.3. The third-order valence-electron chi connectivity index (χ3n) is 4.49. The zero-order valence-corrected chi connectivity index (χ0v) is 17.3. The molecule has 1 aromatic rings. The summed E-state index contributed by atoms with van der Waals surface area (Å²) in [6.45, 7) is 4.68. The highest BCUT2D eigenvalue weighted by atomic mass is 19.3. The molecule has 0 fully saturated rings. The zero-order chi connectivity index (χ0) is 22.0. The number of hydrogen-bond acceptors (Lipinski definition) is 4. The summed E-state index contributed by atoms with van der Waals surface area (Å²) in [7, 11) is 0. The monoisotopic (exact) mass is 413 g/mol. The van der Waals surface area contributed by atoms with Crippen molar-refractivity contribution in [3.8, 4) is 0 Å². The van der Waals surface area contributed by atoms with E-state index in [0.717, 1.165) is 5.56 Å². The number of carbonyl (C=O) groups excluding carboxylic acids is 2. The first kappa shape index (κ1) is 25.0. The molecule has 1 aromatic carbocycles. The van der Waals surface area contributed by atoms with Crippen LogP contribution in [0.4, 0.5) is 8.78 Å². The normalized spacial score (nSPS) is 14.9. The number of benzene rings is 1. The van der Waals surface area contributed by atoms with Crippen LogP contribution in [0.15, 0.2) is 30.3 Å². The average Bonchev–Trinajstić information content (AvgIpc) is 2.64. The smallest absolute Gasteiger partial charge is 0.291 e. The van der Waals surface area contributed by atoms with Gasteiger partial charge in [0.25, 0.3) is 5.92 Å². The SMILES string of the molecule is CC(C)CC(N)C(O)C(F)(F)CNC(=O)C[C@@H](C)CNC(=O)Cc1ccccc1. The number of aliphatic hydroxyl groups excluding tert-OH is 1. The molecule has 0 spiro atoms.